The summed E-state index contributed by atoms with van der Waals surface area (Å²) < 4.78 is 5.13. The SMILES string of the molecule is CNCC(=O)N1CCCC[C@H]1COC. The van der Waals surface area contributed by atoms with Crippen molar-refractivity contribution in [2.45, 2.75) is 25.3 Å². The summed E-state index contributed by atoms with van der Waals surface area (Å²) in [4.78, 5) is 13.6. The molecule has 1 atom stereocenters. The molecule has 0 aromatic rings. The van der Waals surface area contributed by atoms with Gasteiger partial charge in [-0.25, -0.2) is 0 Å². The second-order valence-electron chi connectivity index (χ2n) is 3.72. The molecule has 4 nitrogen and oxygen atoms in total. The molecular weight excluding hydrogens is 180 g/mol. The van der Waals surface area contributed by atoms with Crippen LogP contribution in [0, 0.1) is 0 Å². The zero-order valence-corrected chi connectivity index (χ0v) is 9.08. The van der Waals surface area contributed by atoms with E-state index in [-0.39, 0.29) is 11.9 Å². The van der Waals surface area contributed by atoms with Crippen molar-refractivity contribution >= 4 is 5.91 Å². The third kappa shape index (κ3) is 2.96. The van der Waals surface area contributed by atoms with Crippen LogP contribution in [0.3, 0.4) is 0 Å². The lowest BCUT2D eigenvalue weighted by molar-refractivity contribution is -0.135. The van der Waals surface area contributed by atoms with Gasteiger partial charge >= 0.3 is 0 Å². The average Bonchev–Trinajstić information content (AvgIpc) is 2.19. The quantitative estimate of drug-likeness (QED) is 0.706. The molecule has 0 radical (unpaired) electrons. The summed E-state index contributed by atoms with van der Waals surface area (Å²) in [5.41, 5.74) is 0. The fourth-order valence-electron chi connectivity index (χ4n) is 1.95. The molecule has 0 unspecified atom stereocenters. The van der Waals surface area contributed by atoms with Crippen molar-refractivity contribution in [3.63, 3.8) is 0 Å². The van der Waals surface area contributed by atoms with Crippen LogP contribution in [0.1, 0.15) is 19.3 Å². The Bertz CT molecular complexity index is 183. The Morgan fingerprint density at radius 1 is 1.57 bits per heavy atom. The molecule has 1 saturated heterocycles. The van der Waals surface area contributed by atoms with Gasteiger partial charge in [-0.05, 0) is 26.3 Å². The lowest BCUT2D eigenvalue weighted by atomic mass is 10.0. The number of likely N-dealkylation sites (tertiary alicyclic amines) is 1. The van der Waals surface area contributed by atoms with Crippen LogP contribution in [0.25, 0.3) is 0 Å². The van der Waals surface area contributed by atoms with Gasteiger partial charge in [0.05, 0.1) is 19.2 Å². The molecule has 0 saturated carbocycles. The highest BCUT2D eigenvalue weighted by Crippen LogP contribution is 2.16. The van der Waals surface area contributed by atoms with Gasteiger partial charge in [-0.2, -0.15) is 0 Å². The van der Waals surface area contributed by atoms with Crippen molar-refractivity contribution in [1.82, 2.24) is 10.2 Å². The number of nitrogens with zero attached hydrogens (tertiary/aromatic N) is 1. The minimum atomic E-state index is 0.189. The summed E-state index contributed by atoms with van der Waals surface area (Å²) in [5, 5.41) is 2.90. The number of methoxy groups -OCH3 is 1. The smallest absolute Gasteiger partial charge is 0.236 e. The van der Waals surface area contributed by atoms with Crippen LogP contribution in [-0.2, 0) is 9.53 Å². The van der Waals surface area contributed by atoms with Crippen molar-refractivity contribution in [2.75, 3.05) is 33.9 Å². The normalized spacial score (nSPS) is 22.4. The standard InChI is InChI=1S/C10H20N2O2/c1-11-7-10(13)12-6-4-3-5-9(12)8-14-2/h9,11H,3-8H2,1-2H3/t9-/m0/s1. The van der Waals surface area contributed by atoms with Gasteiger partial charge in [-0.15, -0.1) is 0 Å². The first-order chi connectivity index (χ1) is 6.79. The summed E-state index contributed by atoms with van der Waals surface area (Å²) in [6, 6.07) is 0.287. The third-order valence-electron chi connectivity index (χ3n) is 2.63. The summed E-state index contributed by atoms with van der Waals surface area (Å²) in [6.45, 7) is 1.98. The molecule has 82 valence electrons. The molecule has 4 heteroatoms. The second kappa shape index (κ2) is 5.98. The monoisotopic (exact) mass is 200 g/mol. The van der Waals surface area contributed by atoms with E-state index in [1.165, 1.54) is 6.42 Å². The highest BCUT2D eigenvalue weighted by Gasteiger charge is 2.25. The van der Waals surface area contributed by atoms with Crippen molar-refractivity contribution < 1.29 is 9.53 Å². The number of carbonyl (C=O) groups is 1. The molecule has 1 aliphatic rings. The molecule has 14 heavy (non-hydrogen) atoms. The Morgan fingerprint density at radius 3 is 3.00 bits per heavy atom. The van der Waals surface area contributed by atoms with Crippen molar-refractivity contribution in [3.8, 4) is 0 Å². The van der Waals surface area contributed by atoms with Crippen LogP contribution in [0.4, 0.5) is 0 Å². The van der Waals surface area contributed by atoms with Gasteiger partial charge < -0.3 is 15.0 Å². The molecule has 0 bridgehead atoms. The first kappa shape index (κ1) is 11.5. The summed E-state index contributed by atoms with van der Waals surface area (Å²) in [6.07, 6.45) is 3.40. The van der Waals surface area contributed by atoms with Crippen molar-refractivity contribution in [2.24, 2.45) is 0 Å². The van der Waals surface area contributed by atoms with Crippen LogP contribution in [0.15, 0.2) is 0 Å². The molecular formula is C10H20N2O2. The van der Waals surface area contributed by atoms with E-state index < -0.39 is 0 Å². The molecule has 0 aromatic heterocycles. The summed E-state index contributed by atoms with van der Waals surface area (Å²) in [7, 11) is 3.49. The molecule has 1 N–H and O–H groups in total. The Hall–Kier alpha value is -0.610. The molecule has 0 spiro atoms. The van der Waals surface area contributed by atoms with E-state index in [9.17, 15) is 4.79 Å². The summed E-state index contributed by atoms with van der Waals surface area (Å²) in [5.74, 6) is 0.189. The van der Waals surface area contributed by atoms with Gasteiger partial charge in [-0.3, -0.25) is 4.79 Å². The van der Waals surface area contributed by atoms with E-state index >= 15 is 0 Å². The van der Waals surface area contributed by atoms with E-state index in [1.807, 2.05) is 4.90 Å². The first-order valence-corrected chi connectivity index (χ1v) is 5.22. The molecule has 0 aromatic carbocycles. The average molecular weight is 200 g/mol. The van der Waals surface area contributed by atoms with E-state index in [4.69, 9.17) is 4.74 Å². The predicted molar refractivity (Wildman–Crippen MR) is 55.2 cm³/mol. The fraction of sp³-hybridized carbons (Fsp3) is 0.900. The highest BCUT2D eigenvalue weighted by molar-refractivity contribution is 5.78. The van der Waals surface area contributed by atoms with Crippen molar-refractivity contribution in [3.05, 3.63) is 0 Å². The number of likely N-dealkylation sites (N-methyl/N-ethyl adjacent to an activating group) is 1. The van der Waals surface area contributed by atoms with Crippen molar-refractivity contribution in [1.29, 1.82) is 0 Å². The third-order valence-corrected chi connectivity index (χ3v) is 2.63. The van der Waals surface area contributed by atoms with E-state index in [0.717, 1.165) is 19.4 Å². The first-order valence-electron chi connectivity index (χ1n) is 5.22. The van der Waals surface area contributed by atoms with Gasteiger partial charge in [-0.1, -0.05) is 0 Å². The number of piperidine rings is 1. The molecule has 0 aliphatic carbocycles. The minimum absolute atomic E-state index is 0.189. The van der Waals surface area contributed by atoms with E-state index in [2.05, 4.69) is 5.32 Å². The van der Waals surface area contributed by atoms with E-state index in [1.54, 1.807) is 14.2 Å². The van der Waals surface area contributed by atoms with Gasteiger partial charge in [0.2, 0.25) is 5.91 Å². The van der Waals surface area contributed by atoms with Gasteiger partial charge in [0.1, 0.15) is 0 Å². The number of rotatable bonds is 4. The fourth-order valence-corrected chi connectivity index (χ4v) is 1.95. The Morgan fingerprint density at radius 2 is 2.36 bits per heavy atom. The lowest BCUT2D eigenvalue weighted by Gasteiger charge is -2.35. The maximum Gasteiger partial charge on any atom is 0.236 e. The summed E-state index contributed by atoms with van der Waals surface area (Å²) >= 11 is 0. The topological polar surface area (TPSA) is 41.6 Å². The maximum absolute atomic E-state index is 11.7. The van der Waals surface area contributed by atoms with Crippen LogP contribution < -0.4 is 5.32 Å². The Labute approximate surface area is 85.6 Å². The van der Waals surface area contributed by atoms with Crippen LogP contribution >= 0.6 is 0 Å². The van der Waals surface area contributed by atoms with Crippen LogP contribution in [0.5, 0.6) is 0 Å². The largest absolute Gasteiger partial charge is 0.383 e. The molecule has 1 heterocycles. The molecule has 1 rings (SSSR count). The Kier molecular flexibility index (Phi) is 4.90. The minimum Gasteiger partial charge on any atom is -0.383 e. The van der Waals surface area contributed by atoms with Gasteiger partial charge in [0.25, 0.3) is 0 Å². The number of carbonyl (C=O) groups excluding carboxylic acids is 1. The van der Waals surface area contributed by atoms with Gasteiger partial charge in [0, 0.05) is 13.7 Å². The number of nitrogens with one attached hydrogen (secondary N) is 1. The molecule has 1 aliphatic heterocycles. The number of ether oxygens (including phenoxy) is 1. The highest BCUT2D eigenvalue weighted by atomic mass is 16.5. The predicted octanol–water partition coefficient (Wildman–Crippen LogP) is 0.233. The molecule has 1 fully saturated rings. The van der Waals surface area contributed by atoms with Crippen LogP contribution in [-0.4, -0.2) is 50.7 Å². The zero-order chi connectivity index (χ0) is 10.4. The number of amides is 1. The number of hydrogen-bond donors (Lipinski definition) is 1. The zero-order valence-electron chi connectivity index (χ0n) is 9.08. The van der Waals surface area contributed by atoms with Gasteiger partial charge in [0.15, 0.2) is 0 Å². The molecule has 1 amide bonds. The Balaban J connectivity index is 2.48. The van der Waals surface area contributed by atoms with Crippen LogP contribution in [0.2, 0.25) is 0 Å². The lowest BCUT2D eigenvalue weighted by Crippen LogP contribution is -2.48. The van der Waals surface area contributed by atoms with E-state index in [0.29, 0.717) is 13.2 Å². The number of hydrogen-bond acceptors (Lipinski definition) is 3. The maximum atomic E-state index is 11.7. The second-order valence-corrected chi connectivity index (χ2v) is 3.72.